The van der Waals surface area contributed by atoms with E-state index in [1.165, 1.54) is 0 Å². The van der Waals surface area contributed by atoms with Gasteiger partial charge < -0.3 is 9.47 Å². The number of rotatable bonds is 7. The number of aromatic nitrogens is 1. The van der Waals surface area contributed by atoms with Crippen LogP contribution in [0.4, 0.5) is 0 Å². The molecule has 4 aromatic rings. The molecule has 2 N–H and O–H groups in total. The SMILES string of the molecule is N=COC(=N)C(=Cc1ccccc1)c1ccc(OCc2ccc3ccccc3n2)cc1. The number of pyridine rings is 1. The lowest BCUT2D eigenvalue weighted by Gasteiger charge is -2.11. The molecule has 0 aliphatic rings. The zero-order valence-corrected chi connectivity index (χ0v) is 16.8. The Morgan fingerprint density at radius 2 is 1.58 bits per heavy atom. The Kier molecular flexibility index (Phi) is 6.14. The summed E-state index contributed by atoms with van der Waals surface area (Å²) >= 11 is 0. The standard InChI is InChI=1S/C26H21N3O2/c27-18-31-26(28)24(16-19-6-2-1-3-7-19)20-11-14-23(15-12-20)30-17-22-13-10-21-8-4-5-9-25(21)29-22/h1-16,18,27-28H,17H2. The number of ether oxygens (including phenoxy) is 2. The molecule has 5 nitrogen and oxygen atoms in total. The lowest BCUT2D eigenvalue weighted by Crippen LogP contribution is -2.05. The third-order valence-electron chi connectivity index (χ3n) is 4.74. The van der Waals surface area contributed by atoms with Crippen LogP contribution in [0.1, 0.15) is 16.8 Å². The van der Waals surface area contributed by atoms with Gasteiger partial charge >= 0.3 is 0 Å². The Bertz CT molecular complexity index is 1230. The van der Waals surface area contributed by atoms with E-state index in [1.807, 2.05) is 97.1 Å². The molecule has 0 atom stereocenters. The number of nitrogens with zero attached hydrogens (tertiary/aromatic N) is 1. The van der Waals surface area contributed by atoms with E-state index in [2.05, 4.69) is 4.98 Å². The molecule has 0 saturated carbocycles. The van der Waals surface area contributed by atoms with Gasteiger partial charge in [0.15, 0.2) is 6.40 Å². The molecular formula is C26H21N3O2. The molecule has 0 aliphatic heterocycles. The van der Waals surface area contributed by atoms with Crippen molar-refractivity contribution < 1.29 is 9.47 Å². The van der Waals surface area contributed by atoms with Crippen molar-refractivity contribution in [1.29, 1.82) is 10.8 Å². The number of nitrogens with one attached hydrogen (secondary N) is 2. The van der Waals surface area contributed by atoms with Crippen molar-refractivity contribution in [2.75, 3.05) is 0 Å². The van der Waals surface area contributed by atoms with Gasteiger partial charge in [-0.2, -0.15) is 0 Å². The van der Waals surface area contributed by atoms with Gasteiger partial charge in [-0.25, -0.2) is 4.98 Å². The Morgan fingerprint density at radius 3 is 2.35 bits per heavy atom. The second-order valence-electron chi connectivity index (χ2n) is 6.84. The van der Waals surface area contributed by atoms with E-state index in [4.69, 9.17) is 20.3 Å². The summed E-state index contributed by atoms with van der Waals surface area (Å²) in [6.07, 6.45) is 2.62. The number of hydrogen-bond acceptors (Lipinski definition) is 5. The van der Waals surface area contributed by atoms with E-state index in [1.54, 1.807) is 0 Å². The fourth-order valence-corrected chi connectivity index (χ4v) is 3.19. The molecular weight excluding hydrogens is 386 g/mol. The Hall–Kier alpha value is -4.25. The van der Waals surface area contributed by atoms with Crippen LogP contribution in [-0.4, -0.2) is 17.3 Å². The molecule has 0 unspecified atom stereocenters. The van der Waals surface area contributed by atoms with Crippen LogP contribution in [0, 0.1) is 10.8 Å². The second kappa shape index (κ2) is 9.50. The lowest BCUT2D eigenvalue weighted by molar-refractivity contribution is 0.302. The summed E-state index contributed by atoms with van der Waals surface area (Å²) in [5, 5.41) is 16.4. The molecule has 4 rings (SSSR count). The maximum Gasteiger partial charge on any atom is 0.221 e. The van der Waals surface area contributed by atoms with Crippen LogP contribution in [0.3, 0.4) is 0 Å². The van der Waals surface area contributed by atoms with Crippen molar-refractivity contribution in [1.82, 2.24) is 4.98 Å². The first kappa shape index (κ1) is 20.0. The van der Waals surface area contributed by atoms with Gasteiger partial charge in [-0.05, 0) is 41.5 Å². The topological polar surface area (TPSA) is 79.0 Å². The maximum absolute atomic E-state index is 8.16. The molecule has 1 heterocycles. The van der Waals surface area contributed by atoms with E-state index in [9.17, 15) is 0 Å². The molecule has 1 aromatic heterocycles. The summed E-state index contributed by atoms with van der Waals surface area (Å²) in [4.78, 5) is 4.63. The van der Waals surface area contributed by atoms with Gasteiger partial charge in [-0.1, -0.05) is 66.7 Å². The second-order valence-corrected chi connectivity index (χ2v) is 6.84. The Balaban J connectivity index is 1.51. The molecule has 0 saturated heterocycles. The van der Waals surface area contributed by atoms with Gasteiger partial charge in [0.25, 0.3) is 0 Å². The molecule has 0 fully saturated rings. The summed E-state index contributed by atoms with van der Waals surface area (Å²) in [5.41, 5.74) is 4.12. The minimum atomic E-state index is -0.0899. The average Bonchev–Trinajstić information content (AvgIpc) is 2.82. The monoisotopic (exact) mass is 407 g/mol. The van der Waals surface area contributed by atoms with Crippen molar-refractivity contribution in [3.8, 4) is 5.75 Å². The molecule has 0 aliphatic carbocycles. The quantitative estimate of drug-likeness (QED) is 0.225. The number of hydrogen-bond donors (Lipinski definition) is 2. The van der Waals surface area contributed by atoms with Crippen molar-refractivity contribution >= 4 is 34.9 Å². The van der Waals surface area contributed by atoms with Crippen molar-refractivity contribution in [3.05, 3.63) is 108 Å². The average molecular weight is 407 g/mol. The molecule has 0 spiro atoms. The predicted molar refractivity (Wildman–Crippen MR) is 124 cm³/mol. The van der Waals surface area contributed by atoms with Gasteiger partial charge in [-0.15, -0.1) is 0 Å². The van der Waals surface area contributed by atoms with E-state index >= 15 is 0 Å². The van der Waals surface area contributed by atoms with E-state index < -0.39 is 0 Å². The van der Waals surface area contributed by atoms with Crippen LogP contribution in [0.2, 0.25) is 0 Å². The van der Waals surface area contributed by atoms with Crippen molar-refractivity contribution in [2.24, 2.45) is 0 Å². The van der Waals surface area contributed by atoms with Gasteiger partial charge in [-0.3, -0.25) is 10.8 Å². The molecule has 0 radical (unpaired) electrons. The zero-order valence-electron chi connectivity index (χ0n) is 16.8. The Labute approximate surface area is 180 Å². The Morgan fingerprint density at radius 1 is 0.839 bits per heavy atom. The first-order chi connectivity index (χ1) is 15.2. The molecule has 0 bridgehead atoms. The normalized spacial score (nSPS) is 11.2. The van der Waals surface area contributed by atoms with Crippen LogP contribution in [0.15, 0.2) is 91.0 Å². The summed E-state index contributed by atoms with van der Waals surface area (Å²) in [7, 11) is 0. The van der Waals surface area contributed by atoms with E-state index in [0.29, 0.717) is 17.9 Å². The fourth-order valence-electron chi connectivity index (χ4n) is 3.19. The van der Waals surface area contributed by atoms with Gasteiger partial charge in [0.2, 0.25) is 5.90 Å². The van der Waals surface area contributed by atoms with Crippen LogP contribution in [-0.2, 0) is 11.3 Å². The summed E-state index contributed by atoms with van der Waals surface area (Å²) < 4.78 is 10.9. The number of benzene rings is 3. The zero-order chi connectivity index (χ0) is 21.5. The molecule has 5 heteroatoms. The fraction of sp³-hybridized carbons (Fsp3) is 0.0385. The van der Waals surface area contributed by atoms with Crippen LogP contribution in [0.5, 0.6) is 5.75 Å². The third kappa shape index (κ3) is 5.03. The minimum Gasteiger partial charge on any atom is -0.487 e. The van der Waals surface area contributed by atoms with Crippen molar-refractivity contribution in [2.45, 2.75) is 6.61 Å². The van der Waals surface area contributed by atoms with Crippen LogP contribution in [0.25, 0.3) is 22.6 Å². The summed E-state index contributed by atoms with van der Waals surface area (Å²) in [6, 6.07) is 29.2. The minimum absolute atomic E-state index is 0.0899. The third-order valence-corrected chi connectivity index (χ3v) is 4.74. The predicted octanol–water partition coefficient (Wildman–Crippen LogP) is 5.96. The van der Waals surface area contributed by atoms with Gasteiger partial charge in [0.1, 0.15) is 12.4 Å². The molecule has 152 valence electrons. The van der Waals surface area contributed by atoms with Crippen molar-refractivity contribution in [3.63, 3.8) is 0 Å². The molecule has 31 heavy (non-hydrogen) atoms. The largest absolute Gasteiger partial charge is 0.487 e. The number of fused-ring (bicyclic) bond motifs is 1. The van der Waals surface area contributed by atoms with Gasteiger partial charge in [0.05, 0.1) is 11.2 Å². The summed E-state index contributed by atoms with van der Waals surface area (Å²) in [6.45, 7) is 0.365. The van der Waals surface area contributed by atoms with Crippen LogP contribution >= 0.6 is 0 Å². The maximum atomic E-state index is 8.16. The van der Waals surface area contributed by atoms with E-state index in [0.717, 1.165) is 34.1 Å². The highest BCUT2D eigenvalue weighted by molar-refractivity contribution is 6.24. The highest BCUT2D eigenvalue weighted by Gasteiger charge is 2.10. The first-order valence-electron chi connectivity index (χ1n) is 9.82. The van der Waals surface area contributed by atoms with Gasteiger partial charge in [0, 0.05) is 11.0 Å². The molecule has 0 amide bonds. The highest BCUT2D eigenvalue weighted by Crippen LogP contribution is 2.23. The smallest absolute Gasteiger partial charge is 0.221 e. The first-order valence-corrected chi connectivity index (χ1v) is 9.82. The lowest BCUT2D eigenvalue weighted by atomic mass is 10.0. The highest BCUT2D eigenvalue weighted by atomic mass is 16.5. The molecule has 3 aromatic carbocycles. The summed E-state index contributed by atoms with van der Waals surface area (Å²) in [5.74, 6) is 0.616. The van der Waals surface area contributed by atoms with E-state index in [-0.39, 0.29) is 5.90 Å². The van der Waals surface area contributed by atoms with Crippen LogP contribution < -0.4 is 4.74 Å². The number of para-hydroxylation sites is 1.